The van der Waals surface area contributed by atoms with Crippen molar-refractivity contribution >= 4 is 45.6 Å². The fourth-order valence-electron chi connectivity index (χ4n) is 3.65. The average Bonchev–Trinajstić information content (AvgIpc) is 2.98. The van der Waals surface area contributed by atoms with Crippen molar-refractivity contribution < 1.29 is 0 Å². The molecule has 0 fully saturated rings. The first-order chi connectivity index (χ1) is 13.2. The van der Waals surface area contributed by atoms with Crippen molar-refractivity contribution in [3.8, 4) is 0 Å². The Labute approximate surface area is 162 Å². The van der Waals surface area contributed by atoms with E-state index in [1.165, 1.54) is 0 Å². The van der Waals surface area contributed by atoms with Gasteiger partial charge in [0.1, 0.15) is 6.17 Å². The molecule has 2 heterocycles. The highest BCUT2D eigenvalue weighted by Gasteiger charge is 2.37. The Hall–Kier alpha value is -3.11. The molecule has 1 aliphatic heterocycles. The van der Waals surface area contributed by atoms with Gasteiger partial charge in [-0.2, -0.15) is 0 Å². The molecule has 1 atom stereocenters. The number of fused-ring (bicyclic) bond motifs is 2. The third kappa shape index (κ3) is 2.61. The minimum absolute atomic E-state index is 0.0390. The standard InChI is InChI=1S/C22H17ClN4/c1-15-26(17-8-4-2-5-9-17)21-22(27(15)18-10-6-3-7-11-18)25-20-14-16(23)12-13-19(20)24-21/h2-15H,1H3. The molecule has 0 radical (unpaired) electrons. The van der Waals surface area contributed by atoms with Gasteiger partial charge in [0.05, 0.1) is 11.0 Å². The number of aromatic nitrogens is 2. The molecular weight excluding hydrogens is 356 g/mol. The highest BCUT2D eigenvalue weighted by molar-refractivity contribution is 6.31. The molecular formula is C22H17ClN4. The number of anilines is 4. The minimum atomic E-state index is 0.0390. The van der Waals surface area contributed by atoms with Crippen LogP contribution in [0.1, 0.15) is 6.92 Å². The van der Waals surface area contributed by atoms with Crippen molar-refractivity contribution in [2.75, 3.05) is 9.80 Å². The third-order valence-corrected chi connectivity index (χ3v) is 5.10. The number of hydrogen-bond donors (Lipinski definition) is 0. The maximum atomic E-state index is 6.18. The van der Waals surface area contributed by atoms with Gasteiger partial charge in [0.25, 0.3) is 0 Å². The predicted molar refractivity (Wildman–Crippen MR) is 111 cm³/mol. The summed E-state index contributed by atoms with van der Waals surface area (Å²) < 4.78 is 0. The van der Waals surface area contributed by atoms with Crippen molar-refractivity contribution in [1.82, 2.24) is 9.97 Å². The van der Waals surface area contributed by atoms with Gasteiger partial charge in [0.15, 0.2) is 11.6 Å². The highest BCUT2D eigenvalue weighted by atomic mass is 35.5. The molecule has 3 aromatic carbocycles. The van der Waals surface area contributed by atoms with Crippen LogP contribution in [-0.2, 0) is 0 Å². The zero-order valence-electron chi connectivity index (χ0n) is 14.7. The number of nitrogens with zero attached hydrogens (tertiary/aromatic N) is 4. The van der Waals surface area contributed by atoms with E-state index in [1.807, 2.05) is 54.6 Å². The van der Waals surface area contributed by atoms with Crippen molar-refractivity contribution in [3.05, 3.63) is 83.9 Å². The Morgan fingerprint density at radius 2 is 1.22 bits per heavy atom. The topological polar surface area (TPSA) is 32.3 Å². The summed E-state index contributed by atoms with van der Waals surface area (Å²) in [4.78, 5) is 14.3. The monoisotopic (exact) mass is 372 g/mol. The zero-order chi connectivity index (χ0) is 18.4. The maximum absolute atomic E-state index is 6.18. The van der Waals surface area contributed by atoms with E-state index < -0.39 is 0 Å². The quantitative estimate of drug-likeness (QED) is 0.437. The first kappa shape index (κ1) is 16.1. The van der Waals surface area contributed by atoms with Crippen LogP contribution in [0.2, 0.25) is 5.02 Å². The SMILES string of the molecule is CC1N(c2ccccc2)c2nc3ccc(Cl)cc3nc2N1c1ccccc1. The predicted octanol–water partition coefficient (Wildman–Crippen LogP) is 5.92. The van der Waals surface area contributed by atoms with Gasteiger partial charge < -0.3 is 9.80 Å². The van der Waals surface area contributed by atoms with Crippen LogP contribution in [0.3, 0.4) is 0 Å². The summed E-state index contributed by atoms with van der Waals surface area (Å²) in [7, 11) is 0. The van der Waals surface area contributed by atoms with E-state index in [1.54, 1.807) is 0 Å². The van der Waals surface area contributed by atoms with E-state index in [9.17, 15) is 0 Å². The van der Waals surface area contributed by atoms with Crippen LogP contribution in [0, 0.1) is 0 Å². The highest BCUT2D eigenvalue weighted by Crippen LogP contribution is 2.45. The number of hydrogen-bond acceptors (Lipinski definition) is 4. The lowest BCUT2D eigenvalue weighted by Crippen LogP contribution is -2.35. The smallest absolute Gasteiger partial charge is 0.179 e. The lowest BCUT2D eigenvalue weighted by atomic mass is 10.2. The summed E-state index contributed by atoms with van der Waals surface area (Å²) in [6, 6.07) is 26.2. The van der Waals surface area contributed by atoms with Gasteiger partial charge in [0.2, 0.25) is 0 Å². The lowest BCUT2D eigenvalue weighted by molar-refractivity contribution is 0.755. The molecule has 0 saturated heterocycles. The molecule has 4 aromatic rings. The molecule has 1 unspecified atom stereocenters. The zero-order valence-corrected chi connectivity index (χ0v) is 15.5. The van der Waals surface area contributed by atoms with Crippen molar-refractivity contribution in [1.29, 1.82) is 0 Å². The van der Waals surface area contributed by atoms with Crippen LogP contribution < -0.4 is 9.80 Å². The van der Waals surface area contributed by atoms with E-state index in [0.717, 1.165) is 34.0 Å². The van der Waals surface area contributed by atoms with Crippen LogP contribution in [0.4, 0.5) is 23.0 Å². The summed E-state index contributed by atoms with van der Waals surface area (Å²) in [6.07, 6.45) is 0.0390. The van der Waals surface area contributed by atoms with E-state index in [-0.39, 0.29) is 6.17 Å². The van der Waals surface area contributed by atoms with E-state index in [0.29, 0.717) is 5.02 Å². The molecule has 1 aromatic heterocycles. The van der Waals surface area contributed by atoms with Gasteiger partial charge in [0, 0.05) is 16.4 Å². The van der Waals surface area contributed by atoms with Gasteiger partial charge in [-0.25, -0.2) is 9.97 Å². The van der Waals surface area contributed by atoms with E-state index in [4.69, 9.17) is 21.6 Å². The molecule has 0 bridgehead atoms. The third-order valence-electron chi connectivity index (χ3n) is 4.86. The fraction of sp³-hybridized carbons (Fsp3) is 0.0909. The molecule has 0 N–H and O–H groups in total. The summed E-state index contributed by atoms with van der Waals surface area (Å²) in [6.45, 7) is 2.17. The first-order valence-corrected chi connectivity index (χ1v) is 9.26. The molecule has 0 saturated carbocycles. The normalized spacial score (nSPS) is 16.0. The Morgan fingerprint density at radius 1 is 0.704 bits per heavy atom. The van der Waals surface area contributed by atoms with Gasteiger partial charge in [-0.15, -0.1) is 0 Å². The molecule has 27 heavy (non-hydrogen) atoms. The molecule has 0 amide bonds. The van der Waals surface area contributed by atoms with Gasteiger partial charge in [-0.1, -0.05) is 48.0 Å². The number of para-hydroxylation sites is 2. The van der Waals surface area contributed by atoms with Gasteiger partial charge in [-0.05, 0) is 49.4 Å². The molecule has 0 spiro atoms. The van der Waals surface area contributed by atoms with Crippen LogP contribution in [0.5, 0.6) is 0 Å². The number of rotatable bonds is 2. The summed E-state index contributed by atoms with van der Waals surface area (Å²) in [5.41, 5.74) is 3.80. The molecule has 1 aliphatic rings. The van der Waals surface area contributed by atoms with Gasteiger partial charge >= 0.3 is 0 Å². The molecule has 0 aliphatic carbocycles. The van der Waals surface area contributed by atoms with Crippen molar-refractivity contribution in [2.24, 2.45) is 0 Å². The summed E-state index contributed by atoms with van der Waals surface area (Å²) >= 11 is 6.18. The fourth-order valence-corrected chi connectivity index (χ4v) is 3.82. The van der Waals surface area contributed by atoms with Crippen molar-refractivity contribution in [3.63, 3.8) is 0 Å². The molecule has 4 nitrogen and oxygen atoms in total. The number of halogens is 1. The van der Waals surface area contributed by atoms with Crippen LogP contribution in [0.25, 0.3) is 11.0 Å². The summed E-state index contributed by atoms with van der Waals surface area (Å²) in [5, 5.41) is 0.661. The first-order valence-electron chi connectivity index (χ1n) is 8.88. The second-order valence-electron chi connectivity index (χ2n) is 6.55. The maximum Gasteiger partial charge on any atom is 0.179 e. The van der Waals surface area contributed by atoms with E-state index in [2.05, 4.69) is 41.0 Å². The second-order valence-corrected chi connectivity index (χ2v) is 6.98. The van der Waals surface area contributed by atoms with Crippen LogP contribution in [-0.4, -0.2) is 16.1 Å². The van der Waals surface area contributed by atoms with Crippen molar-refractivity contribution in [2.45, 2.75) is 13.1 Å². The second kappa shape index (κ2) is 6.25. The largest absolute Gasteiger partial charge is 0.302 e. The summed E-state index contributed by atoms with van der Waals surface area (Å²) in [5.74, 6) is 1.69. The Balaban J connectivity index is 1.77. The lowest BCUT2D eigenvalue weighted by Gasteiger charge is -2.29. The number of benzene rings is 3. The minimum Gasteiger partial charge on any atom is -0.302 e. The van der Waals surface area contributed by atoms with Crippen LogP contribution in [0.15, 0.2) is 78.9 Å². The van der Waals surface area contributed by atoms with E-state index >= 15 is 0 Å². The average molecular weight is 373 g/mol. The Morgan fingerprint density at radius 3 is 1.78 bits per heavy atom. The molecule has 132 valence electrons. The Bertz CT molecular complexity index is 1120. The molecule has 5 heteroatoms. The van der Waals surface area contributed by atoms with Crippen LogP contribution >= 0.6 is 11.6 Å². The Kier molecular flexibility index (Phi) is 3.73. The van der Waals surface area contributed by atoms with Gasteiger partial charge in [-0.3, -0.25) is 0 Å². The molecule has 5 rings (SSSR count).